The van der Waals surface area contributed by atoms with Gasteiger partial charge in [-0.05, 0) is 52.4 Å². The number of likely N-dealkylation sites (N-methyl/N-ethyl adjacent to an activating group) is 1. The van der Waals surface area contributed by atoms with Crippen molar-refractivity contribution in [1.29, 1.82) is 0 Å². The Morgan fingerprint density at radius 1 is 1.03 bits per heavy atom. The third-order valence-electron chi connectivity index (χ3n) is 5.56. The molecule has 0 aromatic heterocycles. The van der Waals surface area contributed by atoms with Gasteiger partial charge in [-0.25, -0.2) is 0 Å². The summed E-state index contributed by atoms with van der Waals surface area (Å²) in [6, 6.07) is 0. The van der Waals surface area contributed by atoms with E-state index in [4.69, 9.17) is 9.84 Å². The van der Waals surface area contributed by atoms with Gasteiger partial charge in [-0.3, -0.25) is 28.8 Å². The topological polar surface area (TPSA) is 101 Å². The Morgan fingerprint density at radius 3 is 1.93 bits per heavy atom. The molecule has 162 valence electrons. The zero-order chi connectivity index (χ0) is 20.8. The molecule has 1 aliphatic heterocycles. The van der Waals surface area contributed by atoms with E-state index in [9.17, 15) is 19.2 Å². The fourth-order valence-corrected chi connectivity index (χ4v) is 3.42. The first-order valence-corrected chi connectivity index (χ1v) is 9.74. The number of hydrogen-bond acceptors (Lipinski definition) is 5. The zero-order valence-corrected chi connectivity index (χ0v) is 17.2. The van der Waals surface area contributed by atoms with E-state index in [0.29, 0.717) is 6.42 Å². The number of nitrogens with zero attached hydrogens (tertiary/aromatic N) is 1. The van der Waals surface area contributed by atoms with Gasteiger partial charge < -0.3 is 9.84 Å². The van der Waals surface area contributed by atoms with E-state index < -0.39 is 18.0 Å². The quantitative estimate of drug-likeness (QED) is 0.435. The highest BCUT2D eigenvalue weighted by Gasteiger charge is 2.39. The average molecular weight is 411 g/mol. The first-order chi connectivity index (χ1) is 13.2. The van der Waals surface area contributed by atoms with Crippen LogP contribution in [0.25, 0.3) is 0 Å². The number of halogens is 1. The third kappa shape index (κ3) is 6.80. The number of aliphatic carboxylic acids is 1. The normalized spacial score (nSPS) is 26.4. The molecule has 0 saturated carbocycles. The molecule has 2 aliphatic carbocycles. The molecule has 8 heteroatoms. The van der Waals surface area contributed by atoms with Crippen LogP contribution in [0.1, 0.15) is 58.8 Å². The fraction of sp³-hybridized carbons (Fsp3) is 0.619. The second-order valence-electron chi connectivity index (χ2n) is 7.80. The van der Waals surface area contributed by atoms with Crippen LogP contribution in [-0.4, -0.2) is 46.9 Å². The smallest absolute Gasteiger partial charge is 0.310 e. The molecule has 3 rings (SSSR count). The van der Waals surface area contributed by atoms with Crippen molar-refractivity contribution in [2.75, 3.05) is 7.05 Å². The Bertz CT molecular complexity index is 714. The van der Waals surface area contributed by atoms with Gasteiger partial charge in [-0.15, -0.1) is 0 Å². The van der Waals surface area contributed by atoms with Crippen LogP contribution < -0.4 is 0 Å². The maximum atomic E-state index is 11.9. The van der Waals surface area contributed by atoms with Crippen molar-refractivity contribution >= 4 is 23.8 Å². The first-order valence-electron chi connectivity index (χ1n) is 9.74. The van der Waals surface area contributed by atoms with Crippen LogP contribution in [0.3, 0.4) is 0 Å². The summed E-state index contributed by atoms with van der Waals surface area (Å²) in [5, 5.41) is 8.60. The molecule has 3 atom stereocenters. The Kier molecular flexibility index (Phi) is 9.20. The molecule has 0 bridgehead atoms. The van der Waals surface area contributed by atoms with E-state index in [0.717, 1.165) is 37.0 Å². The number of likely N-dealkylation sites (tertiary alicyclic amines) is 1. The molecule has 3 aliphatic rings. The summed E-state index contributed by atoms with van der Waals surface area (Å²) in [5.74, 6) is -2.02. The molecule has 29 heavy (non-hydrogen) atoms. The minimum atomic E-state index is -0.915. The molecule has 2 amide bonds. The highest BCUT2D eigenvalue weighted by molar-refractivity contribution is 6.05. The number of amides is 2. The van der Waals surface area contributed by atoms with Gasteiger partial charge in [-0.2, -0.15) is 0 Å². The zero-order valence-electron chi connectivity index (χ0n) is 17.2. The Hall–Kier alpha value is -2.51. The van der Waals surface area contributed by atoms with Crippen molar-refractivity contribution in [2.24, 2.45) is 11.8 Å². The number of carbonyl (C=O) groups is 4. The molecule has 1 saturated heterocycles. The molecule has 0 aromatic carbocycles. The predicted molar refractivity (Wildman–Crippen MR) is 105 cm³/mol. The van der Waals surface area contributed by atoms with Crippen LogP contribution in [0, 0.1) is 11.8 Å². The van der Waals surface area contributed by atoms with Crippen molar-refractivity contribution in [3.05, 3.63) is 23.3 Å². The molecule has 0 aromatic rings. The van der Waals surface area contributed by atoms with Gasteiger partial charge >= 0.3 is 11.9 Å². The number of esters is 1. The van der Waals surface area contributed by atoms with Crippen molar-refractivity contribution < 1.29 is 33.7 Å². The Balaban J connectivity index is 0.000000327. The SMILES string of the molecule is CC1=CC[C@H](C(=O)O)CC1.CC1=CC[C@H](C(=O)O[C@H]2CC(=O)N(C)C2=O)CC1.F. The highest BCUT2D eigenvalue weighted by Crippen LogP contribution is 2.26. The number of ether oxygens (including phenoxy) is 1. The summed E-state index contributed by atoms with van der Waals surface area (Å²) in [6.07, 6.45) is 7.92. The maximum absolute atomic E-state index is 11.9. The van der Waals surface area contributed by atoms with Crippen LogP contribution in [0.5, 0.6) is 0 Å². The van der Waals surface area contributed by atoms with Gasteiger partial charge in [0.1, 0.15) is 0 Å². The molecular weight excluding hydrogens is 381 g/mol. The summed E-state index contributed by atoms with van der Waals surface area (Å²) in [6.45, 7) is 4.09. The predicted octanol–water partition coefficient (Wildman–Crippen LogP) is 3.00. The van der Waals surface area contributed by atoms with Crippen molar-refractivity contribution in [3.8, 4) is 0 Å². The molecule has 7 nitrogen and oxygen atoms in total. The number of imide groups is 1. The standard InChI is InChI=1S/C13H17NO4.C8H12O2.FH/c1-8-3-5-9(6-4-8)13(17)18-10-7-11(15)14(2)12(10)16;1-6-2-4-7(5-3-6)8(9)10;/h3,9-10H,4-7H2,1-2H3;2,7H,3-5H2,1H3,(H,9,10);1H/t9-,10-;7-;/m00./s1. The van der Waals surface area contributed by atoms with E-state index in [2.05, 4.69) is 6.92 Å². The van der Waals surface area contributed by atoms with Gasteiger partial charge in [0.25, 0.3) is 5.91 Å². The molecule has 0 radical (unpaired) electrons. The van der Waals surface area contributed by atoms with Crippen LogP contribution in [-0.2, 0) is 23.9 Å². The van der Waals surface area contributed by atoms with E-state index in [1.165, 1.54) is 18.2 Å². The highest BCUT2D eigenvalue weighted by atomic mass is 19.0. The minimum absolute atomic E-state index is 0. The summed E-state index contributed by atoms with van der Waals surface area (Å²) in [7, 11) is 1.41. The number of hydrogen-bond donors (Lipinski definition) is 1. The average Bonchev–Trinajstić information content (AvgIpc) is 2.90. The minimum Gasteiger partial charge on any atom is -0.481 e. The first kappa shape index (κ1) is 24.5. The molecule has 0 unspecified atom stereocenters. The summed E-state index contributed by atoms with van der Waals surface area (Å²) >= 11 is 0. The van der Waals surface area contributed by atoms with E-state index in [1.807, 2.05) is 19.1 Å². The molecular formula is C21H30FNO6. The largest absolute Gasteiger partial charge is 0.481 e. The summed E-state index contributed by atoms with van der Waals surface area (Å²) in [4.78, 5) is 46.2. The number of carboxylic acids is 1. The van der Waals surface area contributed by atoms with Gasteiger partial charge in [-0.1, -0.05) is 23.3 Å². The van der Waals surface area contributed by atoms with Crippen molar-refractivity contribution in [1.82, 2.24) is 4.90 Å². The number of allylic oxidation sites excluding steroid dienone is 4. The van der Waals surface area contributed by atoms with Gasteiger partial charge in [0.05, 0.1) is 18.3 Å². The number of rotatable bonds is 3. The van der Waals surface area contributed by atoms with Crippen LogP contribution in [0.4, 0.5) is 4.70 Å². The van der Waals surface area contributed by atoms with E-state index >= 15 is 0 Å². The lowest BCUT2D eigenvalue weighted by molar-refractivity contribution is -0.160. The number of carbonyl (C=O) groups excluding carboxylic acids is 3. The van der Waals surface area contributed by atoms with Crippen LogP contribution in [0.2, 0.25) is 0 Å². The third-order valence-corrected chi connectivity index (χ3v) is 5.56. The molecule has 1 N–H and O–H groups in total. The Morgan fingerprint density at radius 2 is 1.55 bits per heavy atom. The molecule has 0 spiro atoms. The fourth-order valence-electron chi connectivity index (χ4n) is 3.42. The summed E-state index contributed by atoms with van der Waals surface area (Å²) in [5.41, 5.74) is 2.61. The maximum Gasteiger partial charge on any atom is 0.310 e. The Labute approximate surface area is 170 Å². The number of carboxylic acid groups (broad SMARTS) is 1. The van der Waals surface area contributed by atoms with Crippen LogP contribution >= 0.6 is 0 Å². The molecule has 1 fully saturated rings. The second-order valence-corrected chi connectivity index (χ2v) is 7.80. The van der Waals surface area contributed by atoms with Crippen molar-refractivity contribution in [3.63, 3.8) is 0 Å². The monoisotopic (exact) mass is 411 g/mol. The lowest BCUT2D eigenvalue weighted by Gasteiger charge is -2.20. The van der Waals surface area contributed by atoms with Gasteiger partial charge in [0.15, 0.2) is 6.10 Å². The lowest BCUT2D eigenvalue weighted by Crippen LogP contribution is -2.32. The second kappa shape index (κ2) is 10.9. The van der Waals surface area contributed by atoms with Crippen LogP contribution in [0.15, 0.2) is 23.3 Å². The molecule has 1 heterocycles. The summed E-state index contributed by atoms with van der Waals surface area (Å²) < 4.78 is 5.16. The van der Waals surface area contributed by atoms with Gasteiger partial charge in [0, 0.05) is 7.05 Å². The van der Waals surface area contributed by atoms with E-state index in [-0.39, 0.29) is 34.8 Å². The van der Waals surface area contributed by atoms with E-state index in [1.54, 1.807) is 0 Å². The van der Waals surface area contributed by atoms with Gasteiger partial charge in [0.2, 0.25) is 5.91 Å². The lowest BCUT2D eigenvalue weighted by atomic mass is 9.90. The van der Waals surface area contributed by atoms with Crippen molar-refractivity contribution in [2.45, 2.75) is 64.9 Å².